The lowest BCUT2D eigenvalue weighted by Crippen LogP contribution is -2.22. The van der Waals surface area contributed by atoms with Gasteiger partial charge in [-0.05, 0) is 57.0 Å². The minimum atomic E-state index is -0.156. The van der Waals surface area contributed by atoms with Crippen molar-refractivity contribution in [2.75, 3.05) is 0 Å². The highest BCUT2D eigenvalue weighted by Gasteiger charge is 2.10. The molecule has 0 unspecified atom stereocenters. The van der Waals surface area contributed by atoms with Gasteiger partial charge in [-0.2, -0.15) is 0 Å². The van der Waals surface area contributed by atoms with E-state index in [1.54, 1.807) is 35.6 Å². The van der Waals surface area contributed by atoms with Gasteiger partial charge in [0.05, 0.1) is 12.2 Å². The first kappa shape index (κ1) is 18.1. The average Bonchev–Trinajstić information content (AvgIpc) is 2.94. The molecule has 0 radical (unpaired) electrons. The van der Waals surface area contributed by atoms with Gasteiger partial charge in [-0.1, -0.05) is 12.1 Å². The number of amides is 1. The smallest absolute Gasteiger partial charge is 0.256 e. The Kier molecular flexibility index (Phi) is 5.04. The zero-order valence-corrected chi connectivity index (χ0v) is 16.1. The van der Waals surface area contributed by atoms with E-state index in [1.807, 2.05) is 33.8 Å². The van der Waals surface area contributed by atoms with E-state index in [0.29, 0.717) is 17.7 Å². The maximum atomic E-state index is 12.3. The number of thiazole rings is 1. The van der Waals surface area contributed by atoms with Gasteiger partial charge in [0.15, 0.2) is 0 Å². The van der Waals surface area contributed by atoms with E-state index < -0.39 is 0 Å². The van der Waals surface area contributed by atoms with Crippen LogP contribution in [0.5, 0.6) is 0 Å². The molecule has 0 aliphatic rings. The first-order valence-electron chi connectivity index (χ1n) is 8.37. The topological polar surface area (TPSA) is 74.8 Å². The highest BCUT2D eigenvalue weighted by Crippen LogP contribution is 2.19. The Hall–Kier alpha value is -2.73. The monoisotopic (exact) mass is 367 g/mol. The normalized spacial score (nSPS) is 10.8. The van der Waals surface area contributed by atoms with Crippen molar-refractivity contribution in [2.24, 2.45) is 0 Å². The third-order valence-corrected chi connectivity index (χ3v) is 5.50. The van der Waals surface area contributed by atoms with E-state index in [4.69, 9.17) is 0 Å². The number of nitrogens with one attached hydrogen (secondary N) is 2. The van der Waals surface area contributed by atoms with Crippen LogP contribution in [-0.2, 0) is 6.54 Å². The Morgan fingerprint density at radius 1 is 1.15 bits per heavy atom. The second kappa shape index (κ2) is 7.25. The summed E-state index contributed by atoms with van der Waals surface area (Å²) in [6.07, 6.45) is 0. The summed E-state index contributed by atoms with van der Waals surface area (Å²) in [4.78, 5) is 32.9. The van der Waals surface area contributed by atoms with Crippen LogP contribution in [0.4, 0.5) is 0 Å². The molecule has 0 fully saturated rings. The second-order valence-corrected chi connectivity index (χ2v) is 7.62. The molecule has 134 valence electrons. The molecule has 2 heterocycles. The number of H-pyrrole nitrogens is 1. The fourth-order valence-corrected chi connectivity index (χ4v) is 3.49. The first-order chi connectivity index (χ1) is 12.3. The number of aryl methyl sites for hydroxylation is 4. The van der Waals surface area contributed by atoms with Crippen molar-refractivity contribution in [2.45, 2.75) is 34.2 Å². The Bertz CT molecular complexity index is 997. The van der Waals surface area contributed by atoms with E-state index in [2.05, 4.69) is 15.3 Å². The van der Waals surface area contributed by atoms with Crippen LogP contribution in [0.25, 0.3) is 11.1 Å². The molecule has 0 bridgehead atoms. The van der Waals surface area contributed by atoms with Gasteiger partial charge < -0.3 is 10.3 Å². The van der Waals surface area contributed by atoms with E-state index in [9.17, 15) is 9.59 Å². The molecule has 5 nitrogen and oxygen atoms in total. The van der Waals surface area contributed by atoms with Crippen LogP contribution < -0.4 is 10.9 Å². The summed E-state index contributed by atoms with van der Waals surface area (Å²) in [7, 11) is 0. The highest BCUT2D eigenvalue weighted by atomic mass is 32.1. The van der Waals surface area contributed by atoms with Crippen molar-refractivity contribution >= 4 is 17.2 Å². The predicted octanol–water partition coefficient (Wildman–Crippen LogP) is 3.66. The van der Waals surface area contributed by atoms with Crippen molar-refractivity contribution in [3.8, 4) is 11.1 Å². The number of hydrogen-bond acceptors (Lipinski definition) is 4. The summed E-state index contributed by atoms with van der Waals surface area (Å²) in [6.45, 7) is 8.23. The lowest BCUT2D eigenvalue weighted by molar-refractivity contribution is 0.0951. The molecule has 1 amide bonds. The molecular weight excluding hydrogens is 346 g/mol. The Morgan fingerprint density at radius 2 is 1.85 bits per heavy atom. The van der Waals surface area contributed by atoms with Gasteiger partial charge in [0.1, 0.15) is 5.01 Å². The largest absolute Gasteiger partial charge is 0.346 e. The van der Waals surface area contributed by atoms with Crippen LogP contribution in [0.3, 0.4) is 0 Å². The molecule has 2 N–H and O–H groups in total. The van der Waals surface area contributed by atoms with E-state index in [-0.39, 0.29) is 11.5 Å². The zero-order valence-electron chi connectivity index (χ0n) is 15.3. The molecule has 3 rings (SSSR count). The number of aromatic amines is 1. The van der Waals surface area contributed by atoms with Gasteiger partial charge in [-0.25, -0.2) is 4.98 Å². The maximum Gasteiger partial charge on any atom is 0.256 e. The van der Waals surface area contributed by atoms with Crippen LogP contribution in [-0.4, -0.2) is 15.9 Å². The van der Waals surface area contributed by atoms with Gasteiger partial charge in [-0.3, -0.25) is 9.59 Å². The second-order valence-electron chi connectivity index (χ2n) is 6.33. The van der Waals surface area contributed by atoms with Crippen LogP contribution in [0.15, 0.2) is 35.1 Å². The van der Waals surface area contributed by atoms with Crippen molar-refractivity contribution in [1.29, 1.82) is 0 Å². The molecule has 3 aromatic rings. The highest BCUT2D eigenvalue weighted by molar-refractivity contribution is 7.11. The van der Waals surface area contributed by atoms with Crippen molar-refractivity contribution < 1.29 is 4.79 Å². The van der Waals surface area contributed by atoms with Crippen LogP contribution >= 0.6 is 11.3 Å². The SMILES string of the molecule is Cc1cc(-c2ccc(C(=O)NCc3nc(C)c(C)s3)cc2)c(=O)[nH]c1C. The number of pyridine rings is 1. The summed E-state index contributed by atoms with van der Waals surface area (Å²) in [5.41, 5.74) is 4.71. The van der Waals surface area contributed by atoms with Crippen LogP contribution in [0, 0.1) is 27.7 Å². The van der Waals surface area contributed by atoms with Gasteiger partial charge in [0.25, 0.3) is 11.5 Å². The third kappa shape index (κ3) is 3.75. The quantitative estimate of drug-likeness (QED) is 0.739. The number of carbonyl (C=O) groups excluding carboxylic acids is 1. The fourth-order valence-electron chi connectivity index (χ4n) is 2.61. The van der Waals surface area contributed by atoms with E-state index in [0.717, 1.165) is 32.4 Å². The molecule has 0 saturated carbocycles. The minimum Gasteiger partial charge on any atom is -0.346 e. The van der Waals surface area contributed by atoms with Gasteiger partial charge >= 0.3 is 0 Å². The number of nitrogens with zero attached hydrogens (tertiary/aromatic N) is 1. The van der Waals surface area contributed by atoms with Crippen molar-refractivity contribution in [3.63, 3.8) is 0 Å². The number of aromatic nitrogens is 2. The number of rotatable bonds is 4. The Balaban J connectivity index is 1.74. The van der Waals surface area contributed by atoms with Gasteiger partial charge in [-0.15, -0.1) is 11.3 Å². The molecule has 0 atom stereocenters. The minimum absolute atomic E-state index is 0.125. The van der Waals surface area contributed by atoms with Crippen LogP contribution in [0.2, 0.25) is 0 Å². The summed E-state index contributed by atoms with van der Waals surface area (Å²) >= 11 is 1.59. The molecule has 0 aliphatic heterocycles. The van der Waals surface area contributed by atoms with Crippen molar-refractivity contribution in [1.82, 2.24) is 15.3 Å². The maximum absolute atomic E-state index is 12.3. The molecule has 1 aromatic carbocycles. The number of benzene rings is 1. The third-order valence-electron chi connectivity index (χ3n) is 4.43. The molecule has 0 saturated heterocycles. The lowest BCUT2D eigenvalue weighted by atomic mass is 10.0. The Morgan fingerprint density at radius 3 is 2.46 bits per heavy atom. The molecule has 26 heavy (non-hydrogen) atoms. The van der Waals surface area contributed by atoms with Crippen LogP contribution in [0.1, 0.15) is 37.2 Å². The molecule has 0 spiro atoms. The zero-order chi connectivity index (χ0) is 18.8. The molecule has 2 aromatic heterocycles. The van der Waals surface area contributed by atoms with E-state index in [1.165, 1.54) is 0 Å². The molecule has 6 heteroatoms. The fraction of sp³-hybridized carbons (Fsp3) is 0.250. The average molecular weight is 367 g/mol. The number of carbonyl (C=O) groups is 1. The number of hydrogen-bond donors (Lipinski definition) is 2. The van der Waals surface area contributed by atoms with Gasteiger partial charge in [0.2, 0.25) is 0 Å². The first-order valence-corrected chi connectivity index (χ1v) is 9.19. The van der Waals surface area contributed by atoms with Gasteiger partial charge in [0, 0.05) is 21.7 Å². The molecule has 0 aliphatic carbocycles. The standard InChI is InChI=1S/C20H21N3O2S/c1-11-9-17(20(25)23-12(11)2)15-5-7-16(8-6-15)19(24)21-10-18-22-13(3)14(4)26-18/h5-9H,10H2,1-4H3,(H,21,24)(H,23,25). The summed E-state index contributed by atoms with van der Waals surface area (Å²) in [5, 5.41) is 3.78. The lowest BCUT2D eigenvalue weighted by Gasteiger charge is -2.07. The Labute approximate surface area is 156 Å². The summed E-state index contributed by atoms with van der Waals surface area (Å²) in [5.74, 6) is -0.156. The van der Waals surface area contributed by atoms with E-state index >= 15 is 0 Å². The summed E-state index contributed by atoms with van der Waals surface area (Å²) in [6, 6.07) is 8.93. The van der Waals surface area contributed by atoms with Crippen molar-refractivity contribution in [3.05, 3.63) is 73.1 Å². The molecular formula is C20H21N3O2S. The summed E-state index contributed by atoms with van der Waals surface area (Å²) < 4.78 is 0. The predicted molar refractivity (Wildman–Crippen MR) is 105 cm³/mol.